The van der Waals surface area contributed by atoms with E-state index in [1.165, 1.54) is 11.7 Å². The molecule has 10 heteroatoms. The molecule has 3 heterocycles. The number of benzene rings is 1. The molecule has 0 spiro atoms. The molecule has 4 rings (SSSR count). The highest BCUT2D eigenvalue weighted by atomic mass is 32.1. The van der Waals surface area contributed by atoms with Gasteiger partial charge in [0.2, 0.25) is 0 Å². The third-order valence-corrected chi connectivity index (χ3v) is 5.40. The molecule has 9 nitrogen and oxygen atoms in total. The first kappa shape index (κ1) is 17.4. The van der Waals surface area contributed by atoms with Crippen LogP contribution in [0.2, 0.25) is 0 Å². The molecule has 0 aliphatic heterocycles. The SMILES string of the molecule is C[n+]1[nH]oc(=O)c1C(=O)c1sc2nc(N)c(C#N)c(-c3ccccc3)c2c1N. The minimum atomic E-state index is -0.808. The number of aromatic nitrogens is 3. The average Bonchev–Trinajstić information content (AvgIpc) is 3.19. The number of carbonyl (C=O) groups excluding carboxylic acids is 1. The Hall–Kier alpha value is -3.97. The Balaban J connectivity index is 2.07. The number of hydrogen-bond donors (Lipinski definition) is 3. The summed E-state index contributed by atoms with van der Waals surface area (Å²) in [6, 6.07) is 11.2. The summed E-state index contributed by atoms with van der Waals surface area (Å²) in [5.74, 6) is -0.560. The van der Waals surface area contributed by atoms with E-state index in [0.29, 0.717) is 21.3 Å². The molecule has 0 bridgehead atoms. The Morgan fingerprint density at radius 1 is 1.32 bits per heavy atom. The second-order valence-electron chi connectivity index (χ2n) is 5.97. The minimum absolute atomic E-state index is 0.0424. The lowest BCUT2D eigenvalue weighted by Crippen LogP contribution is -2.39. The van der Waals surface area contributed by atoms with E-state index in [2.05, 4.69) is 20.8 Å². The predicted octanol–water partition coefficient (Wildman–Crippen LogP) is 1.34. The highest BCUT2D eigenvalue weighted by Gasteiger charge is 2.32. The fourth-order valence-corrected chi connectivity index (χ4v) is 4.09. The first-order valence-corrected chi connectivity index (χ1v) is 8.84. The van der Waals surface area contributed by atoms with E-state index in [1.807, 2.05) is 30.3 Å². The Bertz CT molecular complexity index is 1340. The van der Waals surface area contributed by atoms with Crippen molar-refractivity contribution in [1.82, 2.24) is 10.3 Å². The van der Waals surface area contributed by atoms with E-state index < -0.39 is 11.4 Å². The van der Waals surface area contributed by atoms with Crippen molar-refractivity contribution in [3.8, 4) is 17.2 Å². The second kappa shape index (κ2) is 6.33. The van der Waals surface area contributed by atoms with E-state index in [-0.39, 0.29) is 27.6 Å². The summed E-state index contributed by atoms with van der Waals surface area (Å²) in [6.45, 7) is 0. The fourth-order valence-electron chi connectivity index (χ4n) is 3.04. The van der Waals surface area contributed by atoms with Crippen molar-refractivity contribution >= 4 is 38.8 Å². The standard InChI is InChI=1S/C18H12N6O3S/c1-24-13(18(26)27-23-24)14(25)15-12(20)11-10(8-5-3-2-4-6-8)9(7-19)16(21)22-17(11)28-15/h2-6H,1H3,(H4-,20,21,22,23,25,26)/p+1. The Kier molecular flexibility index (Phi) is 3.94. The van der Waals surface area contributed by atoms with Gasteiger partial charge in [-0.3, -0.25) is 9.32 Å². The fraction of sp³-hybridized carbons (Fsp3) is 0.0556. The van der Waals surface area contributed by atoms with Gasteiger partial charge in [0.1, 0.15) is 27.2 Å². The predicted molar refractivity (Wildman–Crippen MR) is 103 cm³/mol. The van der Waals surface area contributed by atoms with Crippen molar-refractivity contribution in [2.45, 2.75) is 0 Å². The lowest BCUT2D eigenvalue weighted by atomic mass is 9.97. The second-order valence-corrected chi connectivity index (χ2v) is 6.97. The molecule has 0 aliphatic rings. The third-order valence-electron chi connectivity index (χ3n) is 4.30. The van der Waals surface area contributed by atoms with Gasteiger partial charge < -0.3 is 11.5 Å². The lowest BCUT2D eigenvalue weighted by molar-refractivity contribution is -0.741. The van der Waals surface area contributed by atoms with Crippen molar-refractivity contribution in [2.24, 2.45) is 7.05 Å². The summed E-state index contributed by atoms with van der Waals surface area (Å²) < 4.78 is 5.82. The van der Waals surface area contributed by atoms with Crippen LogP contribution < -0.4 is 21.8 Å². The maximum atomic E-state index is 12.9. The van der Waals surface area contributed by atoms with Crippen LogP contribution in [0.3, 0.4) is 0 Å². The smallest absolute Gasteiger partial charge is 0.397 e. The van der Waals surface area contributed by atoms with E-state index in [9.17, 15) is 14.9 Å². The first-order chi connectivity index (χ1) is 13.4. The maximum absolute atomic E-state index is 12.9. The molecule has 0 unspecified atom stereocenters. The molecule has 1 aromatic carbocycles. The number of nitrogens with one attached hydrogen (secondary N) is 1. The number of nitriles is 1. The lowest BCUT2D eigenvalue weighted by Gasteiger charge is -2.09. The maximum Gasteiger partial charge on any atom is 0.438 e. The summed E-state index contributed by atoms with van der Waals surface area (Å²) >= 11 is 1.01. The molecule has 4 aromatic rings. The highest BCUT2D eigenvalue weighted by Crippen LogP contribution is 2.42. The summed E-state index contributed by atoms with van der Waals surface area (Å²) in [6.07, 6.45) is 0. The molecular weight excluding hydrogens is 380 g/mol. The minimum Gasteiger partial charge on any atom is -0.397 e. The number of nitrogen functional groups attached to an aromatic ring is 2. The van der Waals surface area contributed by atoms with Crippen molar-refractivity contribution in [3.63, 3.8) is 0 Å². The summed E-state index contributed by atoms with van der Waals surface area (Å²) in [7, 11) is 1.47. The highest BCUT2D eigenvalue weighted by molar-refractivity contribution is 7.21. The number of aryl methyl sites for hydroxylation is 1. The van der Waals surface area contributed by atoms with E-state index in [0.717, 1.165) is 11.3 Å². The number of anilines is 2. The van der Waals surface area contributed by atoms with Crippen LogP contribution in [0.15, 0.2) is 39.6 Å². The number of carbonyl (C=O) groups is 1. The van der Waals surface area contributed by atoms with Crippen LogP contribution in [0.1, 0.15) is 20.9 Å². The van der Waals surface area contributed by atoms with E-state index in [4.69, 9.17) is 11.5 Å². The molecule has 138 valence electrons. The number of fused-ring (bicyclic) bond motifs is 1. The largest absolute Gasteiger partial charge is 0.438 e. The normalized spacial score (nSPS) is 10.9. The van der Waals surface area contributed by atoms with Gasteiger partial charge in [-0.2, -0.15) is 5.26 Å². The number of pyridine rings is 1. The number of hydrogen-bond acceptors (Lipinski definition) is 8. The van der Waals surface area contributed by atoms with Crippen LogP contribution in [-0.2, 0) is 7.05 Å². The molecule has 0 saturated carbocycles. The van der Waals surface area contributed by atoms with E-state index >= 15 is 0 Å². The zero-order chi connectivity index (χ0) is 20.0. The van der Waals surface area contributed by atoms with Crippen LogP contribution in [0.4, 0.5) is 11.5 Å². The summed E-state index contributed by atoms with van der Waals surface area (Å²) in [5.41, 5.74) is 12.8. The number of H-pyrrole nitrogens is 1. The van der Waals surface area contributed by atoms with Gasteiger partial charge in [0, 0.05) is 10.9 Å². The van der Waals surface area contributed by atoms with E-state index in [1.54, 1.807) is 0 Å². The number of rotatable bonds is 3. The molecule has 0 saturated heterocycles. The summed E-state index contributed by atoms with van der Waals surface area (Å²) in [4.78, 5) is 29.6. The monoisotopic (exact) mass is 393 g/mol. The first-order valence-electron chi connectivity index (χ1n) is 8.03. The molecule has 28 heavy (non-hydrogen) atoms. The number of aromatic amines is 1. The van der Waals surface area contributed by atoms with Crippen LogP contribution in [0.5, 0.6) is 0 Å². The van der Waals surface area contributed by atoms with Crippen LogP contribution >= 0.6 is 11.3 Å². The number of nitrogens with zero attached hydrogens (tertiary/aromatic N) is 3. The van der Waals surface area contributed by atoms with Gasteiger partial charge in [-0.1, -0.05) is 35.0 Å². The Labute approximate surface area is 161 Å². The van der Waals surface area contributed by atoms with Gasteiger partial charge in [0.25, 0.3) is 5.78 Å². The molecule has 0 aliphatic carbocycles. The number of thiophene rings is 1. The quantitative estimate of drug-likeness (QED) is 0.350. The molecule has 0 radical (unpaired) electrons. The van der Waals surface area contributed by atoms with Crippen LogP contribution in [0, 0.1) is 11.3 Å². The Morgan fingerprint density at radius 2 is 2.04 bits per heavy atom. The van der Waals surface area contributed by atoms with Gasteiger partial charge in [-0.15, -0.1) is 11.3 Å². The third kappa shape index (κ3) is 2.45. The number of nitrogens with two attached hydrogens (primary N) is 2. The van der Waals surface area contributed by atoms with Crippen LogP contribution in [0.25, 0.3) is 21.3 Å². The Morgan fingerprint density at radius 3 is 2.64 bits per heavy atom. The van der Waals surface area contributed by atoms with Gasteiger partial charge in [0.05, 0.1) is 5.69 Å². The molecule has 0 fully saturated rings. The summed E-state index contributed by atoms with van der Waals surface area (Å²) in [5, 5.41) is 12.4. The zero-order valence-electron chi connectivity index (χ0n) is 14.5. The average molecular weight is 393 g/mol. The zero-order valence-corrected chi connectivity index (χ0v) is 15.3. The molecule has 5 N–H and O–H groups in total. The van der Waals surface area contributed by atoms with Crippen molar-refractivity contribution in [1.29, 1.82) is 5.26 Å². The topological polar surface area (TPSA) is 156 Å². The van der Waals surface area contributed by atoms with Crippen molar-refractivity contribution < 1.29 is 14.0 Å². The van der Waals surface area contributed by atoms with Gasteiger partial charge in [0.15, 0.2) is 7.05 Å². The molecule has 0 atom stereocenters. The number of ketones is 1. The van der Waals surface area contributed by atoms with Crippen molar-refractivity contribution in [2.75, 3.05) is 11.5 Å². The molecular formula is C18H13N6O3S+. The molecule has 0 amide bonds. The van der Waals surface area contributed by atoms with Crippen molar-refractivity contribution in [3.05, 3.63) is 56.9 Å². The van der Waals surface area contributed by atoms with Gasteiger partial charge in [-0.05, 0) is 10.8 Å². The van der Waals surface area contributed by atoms with Gasteiger partial charge >= 0.3 is 11.3 Å². The van der Waals surface area contributed by atoms with Gasteiger partial charge in [-0.25, -0.2) is 9.78 Å². The molecule has 3 aromatic heterocycles. The van der Waals surface area contributed by atoms with Crippen LogP contribution in [-0.4, -0.2) is 16.0 Å².